The second-order valence-electron chi connectivity index (χ2n) is 12.4. The fourth-order valence-corrected chi connectivity index (χ4v) is 5.54. The molecule has 0 spiro atoms. The summed E-state index contributed by atoms with van der Waals surface area (Å²) in [6.07, 6.45) is -1.47. The predicted octanol–water partition coefficient (Wildman–Crippen LogP) is 6.80. The van der Waals surface area contributed by atoms with E-state index in [1.54, 1.807) is 36.4 Å². The monoisotopic (exact) mass is 674 g/mol. The number of esters is 2. The number of fused-ring (bicyclic) bond motifs is 1. The Labute approximate surface area is 292 Å². The highest BCUT2D eigenvalue weighted by atomic mass is 16.6. The van der Waals surface area contributed by atoms with Gasteiger partial charge in [-0.3, -0.25) is 0 Å². The largest absolute Gasteiger partial charge is 0.493 e. The highest BCUT2D eigenvalue weighted by Gasteiger charge is 2.30. The van der Waals surface area contributed by atoms with E-state index in [9.17, 15) is 19.5 Å². The summed E-state index contributed by atoms with van der Waals surface area (Å²) in [5.74, 6) is -0.983. The van der Waals surface area contributed by atoms with Gasteiger partial charge in [-0.1, -0.05) is 117 Å². The maximum Gasteiger partial charge on any atom is 0.337 e. The van der Waals surface area contributed by atoms with Crippen LogP contribution in [0.2, 0.25) is 0 Å². The molecule has 5 rings (SSSR count). The zero-order valence-electron chi connectivity index (χ0n) is 28.5. The third-order valence-corrected chi connectivity index (χ3v) is 8.10. The number of aliphatic hydroxyl groups is 1. The number of methoxy groups -OCH3 is 1. The molecule has 0 aromatic heterocycles. The molecule has 0 fully saturated rings. The zero-order chi connectivity index (χ0) is 35.5. The number of hydrogen-bond acceptors (Lipinski definition) is 7. The molecule has 0 aliphatic rings. The first-order valence-electron chi connectivity index (χ1n) is 16.6. The standard InChI is InChI=1S/C41H42N2O7/c1-28(2)25-43(26-36(44)40(46)49-27-30-11-5-4-6-12-30)41(47)42-35(39(45)50-38-16-10-9-15-37(38)48-3)23-29-17-19-32(20-18-29)34-22-21-31-13-7-8-14-33(31)24-34/h4-22,24,28,35-36,44H,23,25-27H2,1-3H3,(H,42,47). The molecule has 5 aromatic carbocycles. The van der Waals surface area contributed by atoms with E-state index in [2.05, 4.69) is 35.6 Å². The van der Waals surface area contributed by atoms with Gasteiger partial charge in [0.15, 0.2) is 17.6 Å². The van der Waals surface area contributed by atoms with Crippen LogP contribution in [0.25, 0.3) is 21.9 Å². The maximum atomic E-state index is 13.8. The number of nitrogens with zero attached hydrogens (tertiary/aromatic N) is 1. The third-order valence-electron chi connectivity index (χ3n) is 8.10. The Morgan fingerprint density at radius 2 is 1.34 bits per heavy atom. The summed E-state index contributed by atoms with van der Waals surface area (Å²) in [5, 5.41) is 15.8. The van der Waals surface area contributed by atoms with Crippen molar-refractivity contribution in [2.24, 2.45) is 5.92 Å². The summed E-state index contributed by atoms with van der Waals surface area (Å²) in [5.41, 5.74) is 3.62. The van der Waals surface area contributed by atoms with Gasteiger partial charge in [-0.25, -0.2) is 14.4 Å². The van der Waals surface area contributed by atoms with Gasteiger partial charge in [0, 0.05) is 13.0 Å². The summed E-state index contributed by atoms with van der Waals surface area (Å²) in [4.78, 5) is 41.4. The molecule has 0 saturated carbocycles. The third kappa shape index (κ3) is 9.70. The number of benzene rings is 5. The lowest BCUT2D eigenvalue weighted by atomic mass is 9.98. The Morgan fingerprint density at radius 3 is 2.04 bits per heavy atom. The van der Waals surface area contributed by atoms with E-state index in [0.717, 1.165) is 33.0 Å². The van der Waals surface area contributed by atoms with E-state index < -0.39 is 30.1 Å². The molecule has 2 amide bonds. The average molecular weight is 675 g/mol. The molecular weight excluding hydrogens is 632 g/mol. The van der Waals surface area contributed by atoms with Crippen LogP contribution >= 0.6 is 0 Å². The minimum absolute atomic E-state index is 0.00470. The van der Waals surface area contributed by atoms with E-state index in [0.29, 0.717) is 5.75 Å². The highest BCUT2D eigenvalue weighted by Crippen LogP contribution is 2.27. The minimum atomic E-state index is -1.59. The van der Waals surface area contributed by atoms with E-state index in [1.807, 2.05) is 68.4 Å². The number of carbonyl (C=O) groups excluding carboxylic acids is 3. The molecule has 2 unspecified atom stereocenters. The summed E-state index contributed by atoms with van der Waals surface area (Å²) in [6, 6.07) is 36.3. The summed E-state index contributed by atoms with van der Waals surface area (Å²) >= 11 is 0. The molecule has 0 aliphatic carbocycles. The van der Waals surface area contributed by atoms with Crippen LogP contribution in [0.15, 0.2) is 121 Å². The molecule has 2 N–H and O–H groups in total. The molecule has 50 heavy (non-hydrogen) atoms. The van der Waals surface area contributed by atoms with Gasteiger partial charge >= 0.3 is 18.0 Å². The quantitative estimate of drug-likeness (QED) is 0.0984. The van der Waals surface area contributed by atoms with Gasteiger partial charge in [0.05, 0.1) is 13.7 Å². The van der Waals surface area contributed by atoms with Gasteiger partial charge < -0.3 is 29.5 Å². The van der Waals surface area contributed by atoms with Crippen molar-refractivity contribution in [3.05, 3.63) is 132 Å². The van der Waals surface area contributed by atoms with Gasteiger partial charge in [-0.15, -0.1) is 0 Å². The van der Waals surface area contributed by atoms with Gasteiger partial charge in [-0.2, -0.15) is 0 Å². The van der Waals surface area contributed by atoms with Gasteiger partial charge in [0.1, 0.15) is 12.6 Å². The maximum absolute atomic E-state index is 13.8. The van der Waals surface area contributed by atoms with E-state index in [-0.39, 0.29) is 37.8 Å². The Balaban J connectivity index is 1.33. The topological polar surface area (TPSA) is 114 Å². The lowest BCUT2D eigenvalue weighted by Gasteiger charge is -2.28. The number of hydrogen-bond donors (Lipinski definition) is 2. The van der Waals surface area contributed by atoms with Crippen molar-refractivity contribution in [1.29, 1.82) is 0 Å². The number of para-hydroxylation sites is 2. The fourth-order valence-electron chi connectivity index (χ4n) is 5.54. The van der Waals surface area contributed by atoms with Crippen LogP contribution in [0.4, 0.5) is 4.79 Å². The second kappa shape index (κ2) is 17.1. The SMILES string of the molecule is COc1ccccc1OC(=O)C(Cc1ccc(-c2ccc3ccccc3c2)cc1)NC(=O)N(CC(C)C)CC(O)C(=O)OCc1ccccc1. The summed E-state index contributed by atoms with van der Waals surface area (Å²) < 4.78 is 16.4. The van der Waals surface area contributed by atoms with Crippen LogP contribution in [0.1, 0.15) is 25.0 Å². The molecular formula is C41H42N2O7. The number of ether oxygens (including phenoxy) is 3. The van der Waals surface area contributed by atoms with Crippen molar-refractivity contribution in [2.75, 3.05) is 20.2 Å². The second-order valence-corrected chi connectivity index (χ2v) is 12.4. The Bertz CT molecular complexity index is 1890. The molecule has 9 heteroatoms. The van der Waals surface area contributed by atoms with Crippen molar-refractivity contribution >= 4 is 28.7 Å². The normalized spacial score (nSPS) is 12.2. The molecule has 0 heterocycles. The Morgan fingerprint density at radius 1 is 0.700 bits per heavy atom. The number of aliphatic hydroxyl groups excluding tert-OH is 1. The Kier molecular flexibility index (Phi) is 12.2. The van der Waals surface area contributed by atoms with Crippen LogP contribution in [0.3, 0.4) is 0 Å². The van der Waals surface area contributed by atoms with Crippen LogP contribution in [0.5, 0.6) is 11.5 Å². The van der Waals surface area contributed by atoms with E-state index >= 15 is 0 Å². The first kappa shape index (κ1) is 35.6. The van der Waals surface area contributed by atoms with Crippen LogP contribution in [-0.2, 0) is 27.4 Å². The van der Waals surface area contributed by atoms with Crippen molar-refractivity contribution in [3.63, 3.8) is 0 Å². The molecule has 0 saturated heterocycles. The summed E-state index contributed by atoms with van der Waals surface area (Å²) in [6.45, 7) is 3.69. The fraction of sp³-hybridized carbons (Fsp3) is 0.244. The van der Waals surface area contributed by atoms with E-state index in [4.69, 9.17) is 14.2 Å². The first-order chi connectivity index (χ1) is 24.2. The lowest BCUT2D eigenvalue weighted by molar-refractivity contribution is -0.155. The highest BCUT2D eigenvalue weighted by molar-refractivity contribution is 5.88. The van der Waals surface area contributed by atoms with Gasteiger partial charge in [0.25, 0.3) is 0 Å². The molecule has 5 aromatic rings. The van der Waals surface area contributed by atoms with Crippen molar-refractivity contribution in [3.8, 4) is 22.6 Å². The number of nitrogens with one attached hydrogen (secondary N) is 1. The average Bonchev–Trinajstić information content (AvgIpc) is 3.13. The predicted molar refractivity (Wildman–Crippen MR) is 193 cm³/mol. The number of urea groups is 1. The van der Waals surface area contributed by atoms with Crippen LogP contribution in [-0.4, -0.2) is 60.3 Å². The molecule has 0 radical (unpaired) electrons. The Hall–Kier alpha value is -5.67. The first-order valence-corrected chi connectivity index (χ1v) is 16.6. The summed E-state index contributed by atoms with van der Waals surface area (Å²) in [7, 11) is 1.48. The van der Waals surface area contributed by atoms with Gasteiger partial charge in [0.2, 0.25) is 0 Å². The molecule has 0 aliphatic heterocycles. The van der Waals surface area contributed by atoms with Crippen molar-refractivity contribution in [2.45, 2.75) is 39.0 Å². The number of rotatable bonds is 14. The zero-order valence-corrected chi connectivity index (χ0v) is 28.5. The van der Waals surface area contributed by atoms with E-state index in [1.165, 1.54) is 12.0 Å². The lowest BCUT2D eigenvalue weighted by Crippen LogP contribution is -2.53. The van der Waals surface area contributed by atoms with Crippen LogP contribution in [0, 0.1) is 5.92 Å². The molecule has 258 valence electrons. The number of amides is 2. The van der Waals surface area contributed by atoms with Crippen molar-refractivity contribution in [1.82, 2.24) is 10.2 Å². The molecule has 9 nitrogen and oxygen atoms in total. The minimum Gasteiger partial charge on any atom is -0.493 e. The number of carbonyl (C=O) groups is 3. The molecule has 0 bridgehead atoms. The van der Waals surface area contributed by atoms with Gasteiger partial charge in [-0.05, 0) is 57.1 Å². The van der Waals surface area contributed by atoms with Crippen molar-refractivity contribution < 1.29 is 33.7 Å². The molecule has 2 atom stereocenters. The smallest absolute Gasteiger partial charge is 0.337 e. The van der Waals surface area contributed by atoms with Crippen LogP contribution < -0.4 is 14.8 Å².